The third kappa shape index (κ3) is 3.51. The molecule has 2 aromatic rings. The van der Waals surface area contributed by atoms with Gasteiger partial charge in [-0.2, -0.15) is 0 Å². The van der Waals surface area contributed by atoms with Crippen molar-refractivity contribution in [3.05, 3.63) is 59.4 Å². The standard InChI is InChI=1S/C20H23FN2O3/c1-26-17-8-4-7-16(24)18(17)19(25)23-13-20(9-11-22-12-10-20)14-5-2-3-6-15(14)21/h2-8,22,24H,9-13H2,1H3,(H,23,25). The molecule has 0 aromatic heterocycles. The number of hydrogen-bond donors (Lipinski definition) is 3. The lowest BCUT2D eigenvalue weighted by Crippen LogP contribution is -2.48. The fraction of sp³-hybridized carbons (Fsp3) is 0.350. The molecule has 3 N–H and O–H groups in total. The molecule has 5 nitrogen and oxygen atoms in total. The van der Waals surface area contributed by atoms with Crippen LogP contribution in [0.15, 0.2) is 42.5 Å². The van der Waals surface area contributed by atoms with Crippen molar-refractivity contribution in [1.82, 2.24) is 10.6 Å². The molecule has 0 atom stereocenters. The number of carbonyl (C=O) groups is 1. The van der Waals surface area contributed by atoms with E-state index in [1.54, 1.807) is 24.3 Å². The van der Waals surface area contributed by atoms with Crippen molar-refractivity contribution in [2.75, 3.05) is 26.7 Å². The Labute approximate surface area is 152 Å². The van der Waals surface area contributed by atoms with Crippen LogP contribution < -0.4 is 15.4 Å². The summed E-state index contributed by atoms with van der Waals surface area (Å²) in [6.45, 7) is 1.79. The van der Waals surface area contributed by atoms with Crippen LogP contribution in [0.1, 0.15) is 28.8 Å². The molecule has 0 bridgehead atoms. The average Bonchev–Trinajstić information content (AvgIpc) is 2.67. The number of piperidine rings is 1. The van der Waals surface area contributed by atoms with Gasteiger partial charge in [0.05, 0.1) is 7.11 Å². The summed E-state index contributed by atoms with van der Waals surface area (Å²) in [5.41, 5.74) is 0.225. The monoisotopic (exact) mass is 358 g/mol. The number of benzene rings is 2. The van der Waals surface area contributed by atoms with Crippen LogP contribution in [0, 0.1) is 5.82 Å². The van der Waals surface area contributed by atoms with Gasteiger partial charge >= 0.3 is 0 Å². The van der Waals surface area contributed by atoms with E-state index in [1.807, 2.05) is 6.07 Å². The highest BCUT2D eigenvalue weighted by atomic mass is 19.1. The second-order valence-corrected chi connectivity index (χ2v) is 6.55. The van der Waals surface area contributed by atoms with Gasteiger partial charge in [0.15, 0.2) is 0 Å². The fourth-order valence-electron chi connectivity index (χ4n) is 3.59. The number of hydrogen-bond acceptors (Lipinski definition) is 4. The fourth-order valence-corrected chi connectivity index (χ4v) is 3.59. The van der Waals surface area contributed by atoms with Crippen LogP contribution in [0.4, 0.5) is 4.39 Å². The van der Waals surface area contributed by atoms with Gasteiger partial charge in [-0.1, -0.05) is 24.3 Å². The highest BCUT2D eigenvalue weighted by Gasteiger charge is 2.36. The smallest absolute Gasteiger partial charge is 0.258 e. The van der Waals surface area contributed by atoms with Crippen molar-refractivity contribution >= 4 is 5.91 Å². The molecule has 1 heterocycles. The maximum atomic E-state index is 14.5. The maximum absolute atomic E-state index is 14.5. The quantitative estimate of drug-likeness (QED) is 0.768. The molecular weight excluding hydrogens is 335 g/mol. The van der Waals surface area contributed by atoms with Crippen LogP contribution in [0.2, 0.25) is 0 Å². The Bertz CT molecular complexity index is 788. The molecule has 26 heavy (non-hydrogen) atoms. The first kappa shape index (κ1) is 18.2. The number of rotatable bonds is 5. The van der Waals surface area contributed by atoms with E-state index < -0.39 is 11.3 Å². The van der Waals surface area contributed by atoms with Crippen molar-refractivity contribution in [2.45, 2.75) is 18.3 Å². The zero-order valence-corrected chi connectivity index (χ0v) is 14.7. The number of phenolic OH excluding ortho intramolecular Hbond substituents is 1. The van der Waals surface area contributed by atoms with E-state index in [4.69, 9.17) is 4.74 Å². The third-order valence-corrected chi connectivity index (χ3v) is 5.04. The predicted molar refractivity (Wildman–Crippen MR) is 97.2 cm³/mol. The Morgan fingerprint density at radius 3 is 2.65 bits per heavy atom. The van der Waals surface area contributed by atoms with Crippen LogP contribution in [0.3, 0.4) is 0 Å². The van der Waals surface area contributed by atoms with Gasteiger partial charge in [-0.25, -0.2) is 4.39 Å². The van der Waals surface area contributed by atoms with E-state index in [0.717, 1.165) is 13.1 Å². The predicted octanol–water partition coefficient (Wildman–Crippen LogP) is 2.59. The van der Waals surface area contributed by atoms with Crippen LogP contribution in [-0.4, -0.2) is 37.8 Å². The van der Waals surface area contributed by atoms with Gasteiger partial charge in [-0.3, -0.25) is 4.79 Å². The van der Waals surface area contributed by atoms with Gasteiger partial charge in [-0.05, 0) is 49.7 Å². The molecule has 1 aliphatic rings. The van der Waals surface area contributed by atoms with Gasteiger partial charge in [0.1, 0.15) is 22.9 Å². The number of aromatic hydroxyl groups is 1. The van der Waals surface area contributed by atoms with Crippen molar-refractivity contribution in [3.63, 3.8) is 0 Å². The lowest BCUT2D eigenvalue weighted by Gasteiger charge is -2.38. The highest BCUT2D eigenvalue weighted by Crippen LogP contribution is 2.35. The van der Waals surface area contributed by atoms with Crippen LogP contribution in [-0.2, 0) is 5.41 Å². The number of ether oxygens (including phenoxy) is 1. The molecule has 1 fully saturated rings. The first-order chi connectivity index (χ1) is 12.6. The van der Waals surface area contributed by atoms with Gasteiger partial charge in [0.2, 0.25) is 0 Å². The first-order valence-electron chi connectivity index (χ1n) is 8.67. The molecule has 1 saturated heterocycles. The molecular formula is C20H23FN2O3. The SMILES string of the molecule is COc1cccc(O)c1C(=O)NCC1(c2ccccc2F)CCNCC1. The number of phenols is 1. The van der Waals surface area contributed by atoms with Crippen molar-refractivity contribution in [2.24, 2.45) is 0 Å². The Morgan fingerprint density at radius 2 is 1.96 bits per heavy atom. The zero-order chi connectivity index (χ0) is 18.6. The summed E-state index contributed by atoms with van der Waals surface area (Å²) in [7, 11) is 1.44. The topological polar surface area (TPSA) is 70.6 Å². The number of methoxy groups -OCH3 is 1. The van der Waals surface area contributed by atoms with Crippen molar-refractivity contribution in [3.8, 4) is 11.5 Å². The minimum Gasteiger partial charge on any atom is -0.507 e. The van der Waals surface area contributed by atoms with E-state index in [2.05, 4.69) is 10.6 Å². The normalized spacial score (nSPS) is 16.1. The van der Waals surface area contributed by atoms with Crippen LogP contribution in [0.25, 0.3) is 0 Å². The van der Waals surface area contributed by atoms with E-state index >= 15 is 0 Å². The molecule has 0 spiro atoms. The largest absolute Gasteiger partial charge is 0.507 e. The summed E-state index contributed by atoms with van der Waals surface area (Å²) < 4.78 is 19.6. The summed E-state index contributed by atoms with van der Waals surface area (Å²) in [5.74, 6) is -0.544. The number of nitrogens with one attached hydrogen (secondary N) is 2. The molecule has 0 unspecified atom stereocenters. The van der Waals surface area contributed by atoms with Crippen molar-refractivity contribution < 1.29 is 19.0 Å². The Balaban J connectivity index is 1.86. The molecule has 3 rings (SSSR count). The highest BCUT2D eigenvalue weighted by molar-refractivity contribution is 5.99. The Kier molecular flexibility index (Phi) is 5.42. The summed E-state index contributed by atoms with van der Waals surface area (Å²) in [6, 6.07) is 11.4. The van der Waals surface area contributed by atoms with Gasteiger partial charge in [0, 0.05) is 12.0 Å². The van der Waals surface area contributed by atoms with E-state index in [-0.39, 0.29) is 23.7 Å². The second-order valence-electron chi connectivity index (χ2n) is 6.55. The lowest BCUT2D eigenvalue weighted by molar-refractivity contribution is 0.0931. The molecule has 138 valence electrons. The van der Waals surface area contributed by atoms with Crippen LogP contribution >= 0.6 is 0 Å². The van der Waals surface area contributed by atoms with E-state index in [9.17, 15) is 14.3 Å². The molecule has 0 aliphatic carbocycles. The molecule has 0 radical (unpaired) electrons. The van der Waals surface area contributed by atoms with Crippen LogP contribution in [0.5, 0.6) is 11.5 Å². The Morgan fingerprint density at radius 1 is 1.23 bits per heavy atom. The Hall–Kier alpha value is -2.60. The molecule has 0 saturated carbocycles. The third-order valence-electron chi connectivity index (χ3n) is 5.04. The number of carbonyl (C=O) groups excluding carboxylic acids is 1. The van der Waals surface area contributed by atoms with E-state index in [0.29, 0.717) is 24.2 Å². The number of amides is 1. The molecule has 2 aromatic carbocycles. The molecule has 1 aliphatic heterocycles. The summed E-state index contributed by atoms with van der Waals surface area (Å²) >= 11 is 0. The summed E-state index contributed by atoms with van der Waals surface area (Å²) in [5, 5.41) is 16.2. The molecule has 1 amide bonds. The van der Waals surface area contributed by atoms with Gasteiger partial charge in [0.25, 0.3) is 5.91 Å². The minimum absolute atomic E-state index is 0.0904. The minimum atomic E-state index is -0.482. The van der Waals surface area contributed by atoms with Gasteiger partial charge in [-0.15, -0.1) is 0 Å². The van der Waals surface area contributed by atoms with Crippen molar-refractivity contribution in [1.29, 1.82) is 0 Å². The summed E-state index contributed by atoms with van der Waals surface area (Å²) in [6.07, 6.45) is 1.43. The van der Waals surface area contributed by atoms with Gasteiger partial charge < -0.3 is 20.5 Å². The number of halogens is 1. The molecule has 6 heteroatoms. The first-order valence-corrected chi connectivity index (χ1v) is 8.67. The summed E-state index contributed by atoms with van der Waals surface area (Å²) in [4.78, 5) is 12.7. The lowest BCUT2D eigenvalue weighted by atomic mass is 9.73. The average molecular weight is 358 g/mol. The zero-order valence-electron chi connectivity index (χ0n) is 14.7. The second kappa shape index (κ2) is 7.74. The maximum Gasteiger partial charge on any atom is 0.258 e. The van der Waals surface area contributed by atoms with E-state index in [1.165, 1.54) is 19.2 Å².